The molecule has 6 heteroatoms. The number of para-hydroxylation sites is 1. The van der Waals surface area contributed by atoms with E-state index in [1.54, 1.807) is 4.90 Å². The Kier molecular flexibility index (Phi) is 5.71. The fourth-order valence-electron chi connectivity index (χ4n) is 3.57. The van der Waals surface area contributed by atoms with E-state index in [0.29, 0.717) is 11.5 Å². The van der Waals surface area contributed by atoms with Crippen molar-refractivity contribution in [3.8, 4) is 16.9 Å². The number of amides is 1. The molecule has 1 amide bonds. The first kappa shape index (κ1) is 20.4. The summed E-state index contributed by atoms with van der Waals surface area (Å²) in [7, 11) is 0. The molecule has 1 fully saturated rings. The number of hydrogen-bond acceptors (Lipinski definition) is 4. The fourth-order valence-corrected chi connectivity index (χ4v) is 4.80. The van der Waals surface area contributed by atoms with Gasteiger partial charge in [-0.2, -0.15) is 5.10 Å². The summed E-state index contributed by atoms with van der Waals surface area (Å²) in [5.74, 6) is 0. The van der Waals surface area contributed by atoms with Crippen molar-refractivity contribution in [3.63, 3.8) is 0 Å². The molecule has 0 radical (unpaired) electrons. The number of carbonyl (C=O) groups excluding carboxylic acids is 1. The molecule has 1 aromatic heterocycles. The van der Waals surface area contributed by atoms with Crippen LogP contribution >= 0.6 is 24.0 Å². The number of thioether (sulfide) groups is 1. The summed E-state index contributed by atoms with van der Waals surface area (Å²) in [6.07, 6.45) is 3.96. The first-order valence-corrected chi connectivity index (χ1v) is 11.4. The maximum Gasteiger partial charge on any atom is 0.291 e. The van der Waals surface area contributed by atoms with E-state index in [4.69, 9.17) is 17.3 Å². The van der Waals surface area contributed by atoms with E-state index < -0.39 is 0 Å². The van der Waals surface area contributed by atoms with Gasteiger partial charge in [0, 0.05) is 17.3 Å². The van der Waals surface area contributed by atoms with Gasteiger partial charge in [0.1, 0.15) is 4.99 Å². The molecule has 0 saturated carbocycles. The number of aromatic nitrogens is 2. The Labute approximate surface area is 196 Å². The number of nitrogens with zero attached hydrogens (tertiary/aromatic N) is 3. The number of carbonyl (C=O) groups is 1. The SMILES string of the molecule is O=C1SC(=Cc2cn(-c3ccccc3)nc2-c2ccccc2)C(=S)N1Cc1ccccc1. The lowest BCUT2D eigenvalue weighted by Crippen LogP contribution is -2.26. The van der Waals surface area contributed by atoms with E-state index in [-0.39, 0.29) is 5.24 Å². The van der Waals surface area contributed by atoms with Crippen LogP contribution in [0, 0.1) is 0 Å². The van der Waals surface area contributed by atoms with Crippen LogP contribution in [0.1, 0.15) is 11.1 Å². The number of benzene rings is 3. The lowest BCUT2D eigenvalue weighted by molar-refractivity contribution is 0.244. The van der Waals surface area contributed by atoms with E-state index in [9.17, 15) is 4.79 Å². The molecular weight excluding hydrogens is 434 g/mol. The maximum absolute atomic E-state index is 12.7. The molecule has 0 N–H and O–H groups in total. The summed E-state index contributed by atoms with van der Waals surface area (Å²) < 4.78 is 1.86. The first-order valence-electron chi connectivity index (χ1n) is 10.2. The Morgan fingerprint density at radius 1 is 0.875 bits per heavy atom. The number of thiocarbonyl (C=S) groups is 1. The van der Waals surface area contributed by atoms with Crippen LogP contribution in [0.15, 0.2) is 102 Å². The van der Waals surface area contributed by atoms with Crippen LogP contribution in [0.3, 0.4) is 0 Å². The van der Waals surface area contributed by atoms with Crippen LogP contribution in [0.4, 0.5) is 4.79 Å². The zero-order valence-electron chi connectivity index (χ0n) is 17.1. The van der Waals surface area contributed by atoms with Gasteiger partial charge in [-0.15, -0.1) is 0 Å². The summed E-state index contributed by atoms with van der Waals surface area (Å²) in [5.41, 5.74) is 4.79. The van der Waals surface area contributed by atoms with Crippen molar-refractivity contribution in [2.45, 2.75) is 6.54 Å². The zero-order valence-corrected chi connectivity index (χ0v) is 18.7. The Morgan fingerprint density at radius 2 is 1.50 bits per heavy atom. The normalized spacial score (nSPS) is 15.0. The molecule has 4 nitrogen and oxygen atoms in total. The van der Waals surface area contributed by atoms with E-state index in [1.165, 1.54) is 11.8 Å². The van der Waals surface area contributed by atoms with Crippen LogP contribution < -0.4 is 0 Å². The fraction of sp³-hybridized carbons (Fsp3) is 0.0385. The summed E-state index contributed by atoms with van der Waals surface area (Å²) in [6, 6.07) is 29.9. The minimum Gasteiger partial charge on any atom is -0.288 e. The van der Waals surface area contributed by atoms with Gasteiger partial charge in [0.2, 0.25) is 0 Å². The predicted octanol–water partition coefficient (Wildman–Crippen LogP) is 6.58. The molecule has 0 atom stereocenters. The molecule has 32 heavy (non-hydrogen) atoms. The highest BCUT2D eigenvalue weighted by molar-refractivity contribution is 8.19. The van der Waals surface area contributed by atoms with Gasteiger partial charge in [0.05, 0.1) is 22.8 Å². The minimum absolute atomic E-state index is 0.0539. The predicted molar refractivity (Wildman–Crippen MR) is 135 cm³/mol. The van der Waals surface area contributed by atoms with Crippen LogP contribution in [0.2, 0.25) is 0 Å². The minimum atomic E-state index is -0.0539. The second kappa shape index (κ2) is 8.94. The Morgan fingerprint density at radius 3 is 2.19 bits per heavy atom. The second-order valence-corrected chi connectivity index (χ2v) is 8.71. The Balaban J connectivity index is 1.52. The Hall–Kier alpha value is -3.48. The van der Waals surface area contributed by atoms with E-state index in [2.05, 4.69) is 0 Å². The molecule has 4 aromatic rings. The van der Waals surface area contributed by atoms with Crippen LogP contribution in [-0.4, -0.2) is 24.9 Å². The molecule has 1 aliphatic heterocycles. The third kappa shape index (κ3) is 4.15. The van der Waals surface area contributed by atoms with Gasteiger partial charge in [-0.3, -0.25) is 9.69 Å². The van der Waals surface area contributed by atoms with Crippen LogP contribution in [-0.2, 0) is 6.54 Å². The van der Waals surface area contributed by atoms with E-state index >= 15 is 0 Å². The molecule has 0 unspecified atom stereocenters. The van der Waals surface area contributed by atoms with Crippen LogP contribution in [0.25, 0.3) is 23.0 Å². The quantitative estimate of drug-likeness (QED) is 0.253. The van der Waals surface area contributed by atoms with E-state index in [0.717, 1.165) is 33.0 Å². The topological polar surface area (TPSA) is 38.1 Å². The Bertz CT molecular complexity index is 1300. The highest BCUT2D eigenvalue weighted by Crippen LogP contribution is 2.36. The molecule has 5 rings (SSSR count). The highest BCUT2D eigenvalue weighted by Gasteiger charge is 2.32. The van der Waals surface area contributed by atoms with Gasteiger partial charge in [-0.1, -0.05) is 91.1 Å². The van der Waals surface area contributed by atoms with Gasteiger partial charge >= 0.3 is 0 Å². The molecule has 2 heterocycles. The van der Waals surface area contributed by atoms with Crippen molar-refractivity contribution in [1.29, 1.82) is 0 Å². The van der Waals surface area contributed by atoms with E-state index in [1.807, 2.05) is 108 Å². The average Bonchev–Trinajstić information content (AvgIpc) is 3.38. The standard InChI is InChI=1S/C26H19N3OS2/c30-26-28(17-19-10-4-1-5-11-19)25(31)23(32-26)16-21-18-29(22-14-8-3-9-15-22)27-24(21)20-12-6-2-7-13-20/h1-16,18H,17H2. The molecule has 0 bridgehead atoms. The zero-order chi connectivity index (χ0) is 21.9. The largest absolute Gasteiger partial charge is 0.291 e. The summed E-state index contributed by atoms with van der Waals surface area (Å²) in [6.45, 7) is 0.470. The lowest BCUT2D eigenvalue weighted by Gasteiger charge is -2.14. The summed E-state index contributed by atoms with van der Waals surface area (Å²) in [5, 5.41) is 4.79. The number of hydrogen-bond donors (Lipinski definition) is 0. The third-order valence-corrected chi connectivity index (χ3v) is 6.65. The molecule has 156 valence electrons. The summed E-state index contributed by atoms with van der Waals surface area (Å²) >= 11 is 6.86. The van der Waals surface area contributed by atoms with Gasteiger partial charge in [0.25, 0.3) is 5.24 Å². The third-order valence-electron chi connectivity index (χ3n) is 5.15. The highest BCUT2D eigenvalue weighted by atomic mass is 32.2. The first-order chi connectivity index (χ1) is 15.7. The molecule has 1 aliphatic rings. The van der Waals surface area contributed by atoms with Gasteiger partial charge in [-0.25, -0.2) is 4.68 Å². The van der Waals surface area contributed by atoms with Gasteiger partial charge < -0.3 is 0 Å². The van der Waals surface area contributed by atoms with Crippen molar-refractivity contribution < 1.29 is 4.79 Å². The average molecular weight is 454 g/mol. The smallest absolute Gasteiger partial charge is 0.288 e. The van der Waals surface area contributed by atoms with Crippen LogP contribution in [0.5, 0.6) is 0 Å². The molecular formula is C26H19N3OS2. The monoisotopic (exact) mass is 453 g/mol. The van der Waals surface area contributed by atoms with Gasteiger partial charge in [-0.05, 0) is 35.5 Å². The van der Waals surface area contributed by atoms with Crippen molar-refractivity contribution >= 4 is 40.3 Å². The summed E-state index contributed by atoms with van der Waals surface area (Å²) in [4.78, 5) is 15.7. The molecule has 3 aromatic carbocycles. The lowest BCUT2D eigenvalue weighted by atomic mass is 10.1. The van der Waals surface area contributed by atoms with Crippen molar-refractivity contribution in [1.82, 2.24) is 14.7 Å². The number of rotatable bonds is 5. The maximum atomic E-state index is 12.7. The van der Waals surface area contributed by atoms with Crippen molar-refractivity contribution in [2.24, 2.45) is 0 Å². The molecule has 0 aliphatic carbocycles. The van der Waals surface area contributed by atoms with Crippen molar-refractivity contribution in [3.05, 3.63) is 113 Å². The van der Waals surface area contributed by atoms with Crippen molar-refractivity contribution in [2.75, 3.05) is 0 Å². The second-order valence-electron chi connectivity index (χ2n) is 7.33. The van der Waals surface area contributed by atoms with Gasteiger partial charge in [0.15, 0.2) is 0 Å². The molecule has 0 spiro atoms. The molecule has 1 saturated heterocycles.